The van der Waals surface area contributed by atoms with Crippen molar-refractivity contribution < 1.29 is 9.53 Å². The molecule has 0 bridgehead atoms. The number of H-pyrrole nitrogens is 1. The number of aromatic amines is 1. The first kappa shape index (κ1) is 14.3. The van der Waals surface area contributed by atoms with Gasteiger partial charge in [0.15, 0.2) is 11.6 Å². The first-order valence-electron chi connectivity index (χ1n) is 7.47. The number of aromatic nitrogens is 4. The van der Waals surface area contributed by atoms with E-state index in [4.69, 9.17) is 4.74 Å². The molecule has 0 amide bonds. The Hall–Kier alpha value is -3.35. The quantitative estimate of drug-likeness (QED) is 0.566. The summed E-state index contributed by atoms with van der Waals surface area (Å²) >= 11 is 0. The number of ether oxygens (including phenoxy) is 1. The number of nitrogens with one attached hydrogen (secondary N) is 2. The van der Waals surface area contributed by atoms with Crippen molar-refractivity contribution in [2.75, 3.05) is 5.32 Å². The summed E-state index contributed by atoms with van der Waals surface area (Å²) < 4.78 is 6.87. The number of nitrogens with zero attached hydrogens (tertiary/aromatic N) is 3. The highest BCUT2D eigenvalue weighted by atomic mass is 16.5. The third kappa shape index (κ3) is 2.36. The third-order valence-corrected chi connectivity index (χ3v) is 3.85. The molecule has 2 N–H and O–H groups in total. The van der Waals surface area contributed by atoms with Gasteiger partial charge in [0.05, 0.1) is 6.20 Å². The van der Waals surface area contributed by atoms with Crippen LogP contribution in [0.1, 0.15) is 12.5 Å². The van der Waals surface area contributed by atoms with Gasteiger partial charge in [0, 0.05) is 29.9 Å². The molecule has 3 aromatic heterocycles. The Bertz CT molecular complexity index is 1060. The molecule has 0 radical (unpaired) electrons. The van der Waals surface area contributed by atoms with Crippen LogP contribution in [-0.4, -0.2) is 25.6 Å². The van der Waals surface area contributed by atoms with Gasteiger partial charge in [0.2, 0.25) is 0 Å². The first-order chi connectivity index (χ1) is 11.6. The number of carbonyl (C=O) groups excluding carboxylic acids is 1. The lowest BCUT2D eigenvalue weighted by Gasteiger charge is -2.08. The maximum Gasteiger partial charge on any atom is 0.308 e. The number of hydrogen-bond acceptors (Lipinski definition) is 5. The van der Waals surface area contributed by atoms with E-state index in [2.05, 4.69) is 20.4 Å². The number of rotatable bonds is 3. The average molecular weight is 321 g/mol. The first-order valence-corrected chi connectivity index (χ1v) is 7.47. The van der Waals surface area contributed by atoms with Crippen molar-refractivity contribution in [2.24, 2.45) is 0 Å². The fraction of sp³-hybridized carbons (Fsp3) is 0.118. The van der Waals surface area contributed by atoms with Gasteiger partial charge in [-0.3, -0.25) is 4.79 Å². The molecular formula is C17H15N5O2. The lowest BCUT2D eigenvalue weighted by atomic mass is 10.2. The van der Waals surface area contributed by atoms with E-state index in [1.807, 2.05) is 37.4 Å². The number of fused-ring (bicyclic) bond motifs is 2. The second-order valence-corrected chi connectivity index (χ2v) is 5.52. The molecular weight excluding hydrogens is 306 g/mol. The SMILES string of the molecule is CC(=O)Oc1cn2ncnc(Nc3ccc4cc[nH]c4c3)c2c1C. The fourth-order valence-electron chi connectivity index (χ4n) is 2.75. The van der Waals surface area contributed by atoms with Gasteiger partial charge in [-0.2, -0.15) is 5.10 Å². The van der Waals surface area contributed by atoms with E-state index in [1.54, 1.807) is 10.7 Å². The Morgan fingerprint density at radius 1 is 1.33 bits per heavy atom. The predicted molar refractivity (Wildman–Crippen MR) is 90.6 cm³/mol. The Morgan fingerprint density at radius 2 is 2.21 bits per heavy atom. The Labute approximate surface area is 137 Å². The van der Waals surface area contributed by atoms with Crippen LogP contribution in [0.15, 0.2) is 43.0 Å². The van der Waals surface area contributed by atoms with Gasteiger partial charge >= 0.3 is 5.97 Å². The van der Waals surface area contributed by atoms with Crippen LogP contribution < -0.4 is 10.1 Å². The summed E-state index contributed by atoms with van der Waals surface area (Å²) in [7, 11) is 0. The minimum atomic E-state index is -0.367. The van der Waals surface area contributed by atoms with Crippen LogP contribution in [0.3, 0.4) is 0 Å². The molecule has 0 saturated heterocycles. The van der Waals surface area contributed by atoms with Crippen LogP contribution >= 0.6 is 0 Å². The summed E-state index contributed by atoms with van der Waals surface area (Å²) in [6, 6.07) is 8.05. The molecule has 0 saturated carbocycles. The zero-order chi connectivity index (χ0) is 16.7. The molecule has 1 aromatic carbocycles. The van der Waals surface area contributed by atoms with E-state index in [1.165, 1.54) is 13.3 Å². The normalized spacial score (nSPS) is 11.1. The van der Waals surface area contributed by atoms with Crippen LogP contribution in [0.2, 0.25) is 0 Å². The standard InChI is InChI=1S/C17H15N5O2/c1-10-15(24-11(2)23)8-22-16(10)17(19-9-20-22)21-13-4-3-12-5-6-18-14(12)7-13/h3-9,18H,1-2H3,(H,19,20,21). The summed E-state index contributed by atoms with van der Waals surface area (Å²) in [5, 5.41) is 8.63. The van der Waals surface area contributed by atoms with Gasteiger partial charge in [0.1, 0.15) is 11.8 Å². The van der Waals surface area contributed by atoms with E-state index >= 15 is 0 Å². The summed E-state index contributed by atoms with van der Waals surface area (Å²) in [5.41, 5.74) is 3.51. The van der Waals surface area contributed by atoms with Crippen LogP contribution in [0, 0.1) is 6.92 Å². The van der Waals surface area contributed by atoms with Gasteiger partial charge in [-0.1, -0.05) is 6.07 Å². The number of hydrogen-bond donors (Lipinski definition) is 2. The molecule has 3 heterocycles. The van der Waals surface area contributed by atoms with E-state index in [0.717, 1.165) is 27.7 Å². The zero-order valence-electron chi connectivity index (χ0n) is 13.2. The van der Waals surface area contributed by atoms with Gasteiger partial charge in [-0.05, 0) is 30.5 Å². The highest BCUT2D eigenvalue weighted by Crippen LogP contribution is 2.30. The van der Waals surface area contributed by atoms with E-state index in [9.17, 15) is 4.79 Å². The van der Waals surface area contributed by atoms with Gasteiger partial charge < -0.3 is 15.0 Å². The van der Waals surface area contributed by atoms with Crippen LogP contribution in [0.5, 0.6) is 5.75 Å². The van der Waals surface area contributed by atoms with Crippen LogP contribution in [-0.2, 0) is 4.79 Å². The summed E-state index contributed by atoms with van der Waals surface area (Å²) in [4.78, 5) is 18.7. The van der Waals surface area contributed by atoms with Gasteiger partial charge in [-0.25, -0.2) is 9.50 Å². The number of benzene rings is 1. The molecule has 0 spiro atoms. The molecule has 7 nitrogen and oxygen atoms in total. The summed E-state index contributed by atoms with van der Waals surface area (Å²) in [5.74, 6) is 0.756. The zero-order valence-corrected chi connectivity index (χ0v) is 13.2. The average Bonchev–Trinajstić information content (AvgIpc) is 3.12. The van der Waals surface area contributed by atoms with Crippen molar-refractivity contribution in [1.82, 2.24) is 19.6 Å². The van der Waals surface area contributed by atoms with Crippen molar-refractivity contribution in [3.05, 3.63) is 48.5 Å². The Balaban J connectivity index is 1.78. The fourth-order valence-corrected chi connectivity index (χ4v) is 2.75. The van der Waals surface area contributed by atoms with E-state index in [0.29, 0.717) is 11.6 Å². The topological polar surface area (TPSA) is 84.3 Å². The minimum Gasteiger partial charge on any atom is -0.425 e. The molecule has 0 aliphatic heterocycles. The number of anilines is 2. The molecule has 0 atom stereocenters. The maximum absolute atomic E-state index is 11.2. The van der Waals surface area contributed by atoms with Gasteiger partial charge in [-0.15, -0.1) is 0 Å². The number of esters is 1. The Morgan fingerprint density at radius 3 is 3.04 bits per heavy atom. The highest BCUT2D eigenvalue weighted by molar-refractivity contribution is 5.86. The van der Waals surface area contributed by atoms with Crippen molar-refractivity contribution in [3.63, 3.8) is 0 Å². The van der Waals surface area contributed by atoms with E-state index in [-0.39, 0.29) is 5.97 Å². The molecule has 0 fully saturated rings. The molecule has 0 aliphatic rings. The van der Waals surface area contributed by atoms with E-state index < -0.39 is 0 Å². The van der Waals surface area contributed by atoms with Crippen molar-refractivity contribution in [2.45, 2.75) is 13.8 Å². The molecule has 0 aliphatic carbocycles. The lowest BCUT2D eigenvalue weighted by molar-refractivity contribution is -0.131. The minimum absolute atomic E-state index is 0.367. The van der Waals surface area contributed by atoms with Crippen LogP contribution in [0.25, 0.3) is 16.4 Å². The largest absolute Gasteiger partial charge is 0.425 e. The molecule has 7 heteroatoms. The lowest BCUT2D eigenvalue weighted by Crippen LogP contribution is -2.01. The molecule has 4 rings (SSSR count). The highest BCUT2D eigenvalue weighted by Gasteiger charge is 2.15. The second kappa shape index (κ2) is 5.38. The molecule has 4 aromatic rings. The number of aryl methyl sites for hydroxylation is 1. The molecule has 120 valence electrons. The smallest absolute Gasteiger partial charge is 0.308 e. The maximum atomic E-state index is 11.2. The third-order valence-electron chi connectivity index (χ3n) is 3.85. The van der Waals surface area contributed by atoms with Gasteiger partial charge in [0.25, 0.3) is 0 Å². The monoisotopic (exact) mass is 321 g/mol. The summed E-state index contributed by atoms with van der Waals surface area (Å²) in [6.45, 7) is 3.24. The van der Waals surface area contributed by atoms with Crippen molar-refractivity contribution in [3.8, 4) is 5.75 Å². The predicted octanol–water partition coefficient (Wildman–Crippen LogP) is 3.19. The molecule has 24 heavy (non-hydrogen) atoms. The van der Waals surface area contributed by atoms with Crippen LogP contribution in [0.4, 0.5) is 11.5 Å². The summed E-state index contributed by atoms with van der Waals surface area (Å²) in [6.07, 6.45) is 5.03. The van der Waals surface area contributed by atoms with Crippen molar-refractivity contribution in [1.29, 1.82) is 0 Å². The Kier molecular flexibility index (Phi) is 3.19. The van der Waals surface area contributed by atoms with Crippen molar-refractivity contribution >= 4 is 33.9 Å². The number of carbonyl (C=O) groups is 1. The molecule has 0 unspecified atom stereocenters. The second-order valence-electron chi connectivity index (χ2n) is 5.52.